The molecule has 1 aliphatic rings. The van der Waals surface area contributed by atoms with Gasteiger partial charge in [-0.2, -0.15) is 0 Å². The van der Waals surface area contributed by atoms with E-state index in [4.69, 9.17) is 4.74 Å². The SMILES string of the molecule is COC(O)C1CCCCC1CCC(C)C. The van der Waals surface area contributed by atoms with Gasteiger partial charge in [0, 0.05) is 13.0 Å². The third kappa shape index (κ3) is 4.12. The van der Waals surface area contributed by atoms with Crippen LogP contribution in [-0.4, -0.2) is 18.5 Å². The molecule has 0 aromatic rings. The summed E-state index contributed by atoms with van der Waals surface area (Å²) in [6.07, 6.45) is 6.98. The summed E-state index contributed by atoms with van der Waals surface area (Å²) in [6, 6.07) is 0. The number of aliphatic hydroxyl groups is 1. The highest BCUT2D eigenvalue weighted by atomic mass is 16.6. The lowest BCUT2D eigenvalue weighted by atomic mass is 9.76. The van der Waals surface area contributed by atoms with Crippen molar-refractivity contribution in [3.63, 3.8) is 0 Å². The molecule has 0 bridgehead atoms. The van der Waals surface area contributed by atoms with Crippen LogP contribution in [0.1, 0.15) is 52.4 Å². The number of ether oxygens (including phenoxy) is 1. The summed E-state index contributed by atoms with van der Waals surface area (Å²) in [5.74, 6) is 1.82. The highest BCUT2D eigenvalue weighted by Gasteiger charge is 2.30. The Balaban J connectivity index is 2.42. The van der Waals surface area contributed by atoms with Gasteiger partial charge in [-0.15, -0.1) is 0 Å². The van der Waals surface area contributed by atoms with E-state index in [1.807, 2.05) is 0 Å². The van der Waals surface area contributed by atoms with Gasteiger partial charge in [0.25, 0.3) is 0 Å². The molecule has 0 aromatic heterocycles. The Morgan fingerprint density at radius 2 is 1.93 bits per heavy atom. The molecule has 0 saturated heterocycles. The quantitative estimate of drug-likeness (QED) is 0.712. The normalized spacial score (nSPS) is 29.4. The summed E-state index contributed by atoms with van der Waals surface area (Å²) < 4.78 is 5.08. The first-order valence-corrected chi connectivity index (χ1v) is 6.36. The van der Waals surface area contributed by atoms with Gasteiger partial charge in [0.1, 0.15) is 0 Å². The zero-order valence-electron chi connectivity index (χ0n) is 10.4. The minimum Gasteiger partial charge on any atom is -0.368 e. The lowest BCUT2D eigenvalue weighted by Crippen LogP contribution is -2.32. The zero-order chi connectivity index (χ0) is 11.3. The fraction of sp³-hybridized carbons (Fsp3) is 1.00. The minimum absolute atomic E-state index is 0.377. The van der Waals surface area contributed by atoms with Gasteiger partial charge in [-0.1, -0.05) is 33.1 Å². The van der Waals surface area contributed by atoms with Crippen molar-refractivity contribution in [1.82, 2.24) is 0 Å². The van der Waals surface area contributed by atoms with Crippen molar-refractivity contribution in [1.29, 1.82) is 0 Å². The van der Waals surface area contributed by atoms with E-state index >= 15 is 0 Å². The number of aliphatic hydroxyl groups excluding tert-OH is 1. The lowest BCUT2D eigenvalue weighted by Gasteiger charge is -2.34. The fourth-order valence-corrected chi connectivity index (χ4v) is 2.69. The maximum atomic E-state index is 9.80. The molecular weight excluding hydrogens is 188 g/mol. The van der Waals surface area contributed by atoms with E-state index in [-0.39, 0.29) is 0 Å². The highest BCUT2D eigenvalue weighted by Crippen LogP contribution is 2.36. The van der Waals surface area contributed by atoms with Crippen LogP contribution in [0.4, 0.5) is 0 Å². The second-order valence-electron chi connectivity index (χ2n) is 5.31. The number of hydrogen-bond donors (Lipinski definition) is 1. The third-order valence-corrected chi connectivity index (χ3v) is 3.69. The van der Waals surface area contributed by atoms with E-state index in [1.165, 1.54) is 32.1 Å². The molecule has 15 heavy (non-hydrogen) atoms. The van der Waals surface area contributed by atoms with Crippen molar-refractivity contribution >= 4 is 0 Å². The topological polar surface area (TPSA) is 29.5 Å². The van der Waals surface area contributed by atoms with Crippen LogP contribution in [0.15, 0.2) is 0 Å². The Hall–Kier alpha value is -0.0800. The Kier molecular flexibility index (Phi) is 5.62. The van der Waals surface area contributed by atoms with Crippen molar-refractivity contribution in [2.24, 2.45) is 17.8 Å². The second-order valence-corrected chi connectivity index (χ2v) is 5.31. The predicted molar refractivity (Wildman–Crippen MR) is 62.5 cm³/mol. The summed E-state index contributed by atoms with van der Waals surface area (Å²) in [4.78, 5) is 0. The summed E-state index contributed by atoms with van der Waals surface area (Å²) >= 11 is 0. The predicted octanol–water partition coefficient (Wildman–Crippen LogP) is 3.19. The van der Waals surface area contributed by atoms with Crippen molar-refractivity contribution in [3.05, 3.63) is 0 Å². The van der Waals surface area contributed by atoms with Crippen molar-refractivity contribution < 1.29 is 9.84 Å². The van der Waals surface area contributed by atoms with Crippen molar-refractivity contribution in [2.45, 2.75) is 58.7 Å². The Labute approximate surface area is 94.0 Å². The summed E-state index contributed by atoms with van der Waals surface area (Å²) in [5, 5.41) is 9.80. The molecule has 0 aliphatic heterocycles. The zero-order valence-corrected chi connectivity index (χ0v) is 10.4. The number of hydrogen-bond acceptors (Lipinski definition) is 2. The van der Waals surface area contributed by atoms with Gasteiger partial charge in [-0.3, -0.25) is 0 Å². The third-order valence-electron chi connectivity index (χ3n) is 3.69. The molecule has 0 amide bonds. The molecule has 3 unspecified atom stereocenters. The standard InChI is InChI=1S/C13H26O2/c1-10(2)8-9-11-6-4-5-7-12(11)13(14)15-3/h10-14H,4-9H2,1-3H3. The maximum Gasteiger partial charge on any atom is 0.157 e. The van der Waals surface area contributed by atoms with E-state index in [1.54, 1.807) is 7.11 Å². The van der Waals surface area contributed by atoms with E-state index in [0.717, 1.165) is 12.3 Å². The molecule has 1 N–H and O–H groups in total. The Morgan fingerprint density at radius 3 is 2.53 bits per heavy atom. The monoisotopic (exact) mass is 214 g/mol. The van der Waals surface area contributed by atoms with Crippen LogP contribution in [0, 0.1) is 17.8 Å². The lowest BCUT2D eigenvalue weighted by molar-refractivity contribution is -0.135. The molecule has 90 valence electrons. The molecule has 0 spiro atoms. The average molecular weight is 214 g/mol. The van der Waals surface area contributed by atoms with Crippen LogP contribution in [0.25, 0.3) is 0 Å². The van der Waals surface area contributed by atoms with Crippen LogP contribution < -0.4 is 0 Å². The van der Waals surface area contributed by atoms with Gasteiger partial charge >= 0.3 is 0 Å². The average Bonchev–Trinajstić information content (AvgIpc) is 2.25. The smallest absolute Gasteiger partial charge is 0.157 e. The van der Waals surface area contributed by atoms with Crippen molar-refractivity contribution in [3.8, 4) is 0 Å². The first-order valence-electron chi connectivity index (χ1n) is 6.36. The van der Waals surface area contributed by atoms with E-state index in [9.17, 15) is 5.11 Å². The largest absolute Gasteiger partial charge is 0.368 e. The van der Waals surface area contributed by atoms with Gasteiger partial charge in [-0.25, -0.2) is 0 Å². The number of rotatable bonds is 5. The summed E-state index contributed by atoms with van der Waals surface area (Å²) in [6.45, 7) is 4.54. The first kappa shape index (κ1) is 13.0. The summed E-state index contributed by atoms with van der Waals surface area (Å²) in [5.41, 5.74) is 0. The van der Waals surface area contributed by atoms with Gasteiger partial charge in [0.2, 0.25) is 0 Å². The Bertz CT molecular complexity index is 168. The van der Waals surface area contributed by atoms with Crippen LogP contribution in [0.3, 0.4) is 0 Å². The van der Waals surface area contributed by atoms with E-state index < -0.39 is 6.29 Å². The van der Waals surface area contributed by atoms with E-state index in [2.05, 4.69) is 13.8 Å². The van der Waals surface area contributed by atoms with Gasteiger partial charge in [-0.05, 0) is 31.1 Å². The highest BCUT2D eigenvalue weighted by molar-refractivity contribution is 4.77. The fourth-order valence-electron chi connectivity index (χ4n) is 2.69. The van der Waals surface area contributed by atoms with Crippen LogP contribution in [-0.2, 0) is 4.74 Å². The molecule has 3 atom stereocenters. The molecule has 0 heterocycles. The van der Waals surface area contributed by atoms with Crippen LogP contribution in [0.5, 0.6) is 0 Å². The molecule has 1 saturated carbocycles. The molecule has 1 aliphatic carbocycles. The van der Waals surface area contributed by atoms with E-state index in [0.29, 0.717) is 11.8 Å². The summed E-state index contributed by atoms with van der Waals surface area (Å²) in [7, 11) is 1.61. The van der Waals surface area contributed by atoms with Gasteiger partial charge in [0.05, 0.1) is 0 Å². The molecular formula is C13H26O2. The van der Waals surface area contributed by atoms with Crippen molar-refractivity contribution in [2.75, 3.05) is 7.11 Å². The molecule has 2 heteroatoms. The maximum absolute atomic E-state index is 9.80. The minimum atomic E-state index is -0.539. The van der Waals surface area contributed by atoms with Gasteiger partial charge < -0.3 is 9.84 Å². The Morgan fingerprint density at radius 1 is 1.27 bits per heavy atom. The molecule has 0 aromatic carbocycles. The molecule has 2 nitrogen and oxygen atoms in total. The molecule has 0 radical (unpaired) electrons. The van der Waals surface area contributed by atoms with Crippen LogP contribution >= 0.6 is 0 Å². The number of methoxy groups -OCH3 is 1. The molecule has 1 fully saturated rings. The second kappa shape index (κ2) is 6.49. The molecule has 1 rings (SSSR count). The first-order chi connectivity index (χ1) is 7.15. The van der Waals surface area contributed by atoms with Gasteiger partial charge in [0.15, 0.2) is 6.29 Å². The van der Waals surface area contributed by atoms with Crippen LogP contribution in [0.2, 0.25) is 0 Å².